The van der Waals surface area contributed by atoms with Gasteiger partial charge in [-0.15, -0.1) is 0 Å². The summed E-state index contributed by atoms with van der Waals surface area (Å²) in [5, 5.41) is 0.782. The molecule has 19 heavy (non-hydrogen) atoms. The van der Waals surface area contributed by atoms with Gasteiger partial charge in [0, 0.05) is 36.7 Å². The van der Waals surface area contributed by atoms with Crippen molar-refractivity contribution in [2.75, 3.05) is 18.5 Å². The zero-order valence-electron chi connectivity index (χ0n) is 11.0. The summed E-state index contributed by atoms with van der Waals surface area (Å²) in [6.07, 6.45) is 4.40. The van der Waals surface area contributed by atoms with Crippen molar-refractivity contribution >= 4 is 17.3 Å². The molecule has 0 radical (unpaired) electrons. The molecule has 100 valence electrons. The molecule has 2 aromatic rings. The summed E-state index contributed by atoms with van der Waals surface area (Å²) >= 11 is 6.26. The summed E-state index contributed by atoms with van der Waals surface area (Å²) in [6, 6.07) is 10.0. The molecule has 2 N–H and O–H groups in total. The van der Waals surface area contributed by atoms with Crippen LogP contribution in [-0.4, -0.2) is 18.6 Å². The normalized spacial score (nSPS) is 10.5. The molecule has 0 aliphatic heterocycles. The first-order chi connectivity index (χ1) is 9.22. The van der Waals surface area contributed by atoms with Crippen molar-refractivity contribution in [2.24, 2.45) is 5.73 Å². The Morgan fingerprint density at radius 1 is 1.21 bits per heavy atom. The highest BCUT2D eigenvalue weighted by Gasteiger charge is 2.10. The maximum Gasteiger partial charge on any atom is 0.0459 e. The Kier molecular flexibility index (Phi) is 4.77. The van der Waals surface area contributed by atoms with E-state index in [9.17, 15) is 0 Å². The number of hydrogen-bond donors (Lipinski definition) is 1. The van der Waals surface area contributed by atoms with Gasteiger partial charge in [-0.05, 0) is 48.4 Å². The molecule has 1 aromatic heterocycles. The molecule has 0 saturated carbocycles. The predicted octanol–water partition coefficient (Wildman–Crippen LogP) is 2.87. The van der Waals surface area contributed by atoms with Crippen LogP contribution in [0.25, 0.3) is 0 Å². The Labute approximate surface area is 119 Å². The van der Waals surface area contributed by atoms with Crippen molar-refractivity contribution in [3.8, 4) is 0 Å². The highest BCUT2D eigenvalue weighted by Crippen LogP contribution is 2.28. The lowest BCUT2D eigenvalue weighted by Crippen LogP contribution is -2.19. The number of hydrogen-bond acceptors (Lipinski definition) is 3. The van der Waals surface area contributed by atoms with E-state index in [1.807, 2.05) is 36.7 Å². The summed E-state index contributed by atoms with van der Waals surface area (Å²) in [6.45, 7) is 1.42. The number of rotatable bonds is 5. The molecule has 0 spiro atoms. The molecule has 0 unspecified atom stereocenters. The fraction of sp³-hybridized carbons (Fsp3) is 0.267. The third-order valence-corrected chi connectivity index (χ3v) is 3.42. The van der Waals surface area contributed by atoms with Gasteiger partial charge in [-0.25, -0.2) is 0 Å². The number of benzene rings is 1. The maximum absolute atomic E-state index is 6.26. The summed E-state index contributed by atoms with van der Waals surface area (Å²) in [4.78, 5) is 6.22. The Morgan fingerprint density at radius 3 is 2.63 bits per heavy atom. The first-order valence-electron chi connectivity index (χ1n) is 6.30. The van der Waals surface area contributed by atoms with Gasteiger partial charge in [0.25, 0.3) is 0 Å². The highest BCUT2D eigenvalue weighted by molar-refractivity contribution is 6.31. The van der Waals surface area contributed by atoms with Crippen molar-refractivity contribution in [1.82, 2.24) is 4.98 Å². The molecule has 0 amide bonds. The van der Waals surface area contributed by atoms with Gasteiger partial charge in [-0.3, -0.25) is 4.98 Å². The van der Waals surface area contributed by atoms with Gasteiger partial charge in [0.15, 0.2) is 0 Å². The van der Waals surface area contributed by atoms with Crippen molar-refractivity contribution in [3.05, 3.63) is 58.9 Å². The van der Waals surface area contributed by atoms with E-state index in [1.54, 1.807) is 0 Å². The summed E-state index contributed by atoms with van der Waals surface area (Å²) < 4.78 is 0. The van der Waals surface area contributed by atoms with E-state index in [-0.39, 0.29) is 0 Å². The second-order valence-electron chi connectivity index (χ2n) is 4.49. The van der Waals surface area contributed by atoms with Crippen LogP contribution in [0.1, 0.15) is 11.1 Å². The second kappa shape index (κ2) is 6.55. The largest absolute Gasteiger partial charge is 0.370 e. The Hall–Kier alpha value is -1.58. The average molecular weight is 276 g/mol. The number of nitrogens with two attached hydrogens (primary N) is 1. The minimum absolute atomic E-state index is 0.597. The molecule has 0 fully saturated rings. The van der Waals surface area contributed by atoms with E-state index < -0.39 is 0 Å². The summed E-state index contributed by atoms with van der Waals surface area (Å²) in [5.41, 5.74) is 9.13. The van der Waals surface area contributed by atoms with E-state index in [4.69, 9.17) is 17.3 Å². The molecular formula is C15H18ClN3. The molecule has 1 aromatic carbocycles. The van der Waals surface area contributed by atoms with Crippen LogP contribution in [0.3, 0.4) is 0 Å². The molecule has 0 bridgehead atoms. The number of halogens is 1. The van der Waals surface area contributed by atoms with Gasteiger partial charge >= 0.3 is 0 Å². The van der Waals surface area contributed by atoms with Gasteiger partial charge in [0.05, 0.1) is 0 Å². The zero-order chi connectivity index (χ0) is 13.7. The van der Waals surface area contributed by atoms with Crippen LogP contribution in [0.4, 0.5) is 5.69 Å². The molecule has 4 heteroatoms. The molecule has 0 atom stereocenters. The molecular weight excluding hydrogens is 258 g/mol. The van der Waals surface area contributed by atoms with Crippen molar-refractivity contribution in [3.63, 3.8) is 0 Å². The van der Waals surface area contributed by atoms with Crippen LogP contribution < -0.4 is 10.6 Å². The van der Waals surface area contributed by atoms with Gasteiger partial charge in [0.2, 0.25) is 0 Å². The third kappa shape index (κ3) is 3.46. The topological polar surface area (TPSA) is 42.2 Å². The lowest BCUT2D eigenvalue weighted by atomic mass is 10.1. The summed E-state index contributed by atoms with van der Waals surface area (Å²) in [5.74, 6) is 0. The van der Waals surface area contributed by atoms with Crippen LogP contribution in [0, 0.1) is 0 Å². The smallest absolute Gasteiger partial charge is 0.0459 e. The number of pyridine rings is 1. The van der Waals surface area contributed by atoms with Gasteiger partial charge < -0.3 is 10.6 Å². The molecule has 0 saturated heterocycles. The standard InChI is InChI=1S/C15H18ClN3/c1-19(11-12-6-9-18-10-7-12)15-4-2-3-14(16)13(15)5-8-17/h2-4,6-7,9-10H,5,8,11,17H2,1H3. The fourth-order valence-electron chi connectivity index (χ4n) is 2.14. The first kappa shape index (κ1) is 13.8. The van der Waals surface area contributed by atoms with E-state index in [2.05, 4.69) is 23.0 Å². The molecule has 0 aliphatic carbocycles. The predicted molar refractivity (Wildman–Crippen MR) is 80.6 cm³/mol. The lowest BCUT2D eigenvalue weighted by molar-refractivity contribution is 0.891. The van der Waals surface area contributed by atoms with Crippen LogP contribution in [0.2, 0.25) is 5.02 Å². The summed E-state index contributed by atoms with van der Waals surface area (Å²) in [7, 11) is 2.06. The second-order valence-corrected chi connectivity index (χ2v) is 4.89. The Balaban J connectivity index is 2.23. The highest BCUT2D eigenvalue weighted by atomic mass is 35.5. The Morgan fingerprint density at radius 2 is 1.95 bits per heavy atom. The lowest BCUT2D eigenvalue weighted by Gasteiger charge is -2.23. The molecule has 0 aliphatic rings. The minimum Gasteiger partial charge on any atom is -0.370 e. The maximum atomic E-state index is 6.26. The third-order valence-electron chi connectivity index (χ3n) is 3.07. The molecule has 2 rings (SSSR count). The minimum atomic E-state index is 0.597. The van der Waals surface area contributed by atoms with Crippen molar-refractivity contribution < 1.29 is 0 Å². The van der Waals surface area contributed by atoms with E-state index in [0.29, 0.717) is 6.54 Å². The first-order valence-corrected chi connectivity index (χ1v) is 6.67. The van der Waals surface area contributed by atoms with Gasteiger partial charge in [-0.2, -0.15) is 0 Å². The van der Waals surface area contributed by atoms with Gasteiger partial charge in [0.1, 0.15) is 0 Å². The number of anilines is 1. The van der Waals surface area contributed by atoms with Crippen LogP contribution in [0.5, 0.6) is 0 Å². The quantitative estimate of drug-likeness (QED) is 0.912. The van der Waals surface area contributed by atoms with Crippen LogP contribution in [0.15, 0.2) is 42.7 Å². The monoisotopic (exact) mass is 275 g/mol. The zero-order valence-corrected chi connectivity index (χ0v) is 11.8. The van der Waals surface area contributed by atoms with E-state index in [1.165, 1.54) is 5.56 Å². The van der Waals surface area contributed by atoms with Crippen LogP contribution in [-0.2, 0) is 13.0 Å². The van der Waals surface area contributed by atoms with Crippen LogP contribution >= 0.6 is 11.6 Å². The van der Waals surface area contributed by atoms with E-state index in [0.717, 1.165) is 29.2 Å². The average Bonchev–Trinajstić information content (AvgIpc) is 2.42. The SMILES string of the molecule is CN(Cc1ccncc1)c1cccc(Cl)c1CCN. The van der Waals surface area contributed by atoms with E-state index >= 15 is 0 Å². The number of nitrogens with zero attached hydrogens (tertiary/aromatic N) is 2. The molecule has 1 heterocycles. The van der Waals surface area contributed by atoms with Gasteiger partial charge in [-0.1, -0.05) is 17.7 Å². The fourth-order valence-corrected chi connectivity index (χ4v) is 2.41. The van der Waals surface area contributed by atoms with Crippen molar-refractivity contribution in [1.29, 1.82) is 0 Å². The molecule has 3 nitrogen and oxygen atoms in total. The number of aromatic nitrogens is 1. The van der Waals surface area contributed by atoms with Crippen molar-refractivity contribution in [2.45, 2.75) is 13.0 Å². The Bertz CT molecular complexity index is 528.